The summed E-state index contributed by atoms with van der Waals surface area (Å²) in [5, 5.41) is 13.9. The molecule has 8 heteroatoms. The average molecular weight is 282 g/mol. The number of H-pyrrole nitrogens is 1. The van der Waals surface area contributed by atoms with Crippen molar-refractivity contribution >= 4 is 18.3 Å². The molecule has 8 nitrogen and oxygen atoms in total. The number of aliphatic carboxylic acids is 1. The van der Waals surface area contributed by atoms with Crippen molar-refractivity contribution in [1.82, 2.24) is 20.6 Å². The zero-order chi connectivity index (χ0) is 15.1. The van der Waals surface area contributed by atoms with Gasteiger partial charge in [0.1, 0.15) is 12.1 Å². The number of carbonyl (C=O) groups is 3. The van der Waals surface area contributed by atoms with Gasteiger partial charge in [-0.05, 0) is 5.92 Å². The van der Waals surface area contributed by atoms with Crippen LogP contribution in [0.1, 0.15) is 19.5 Å². The monoisotopic (exact) mass is 282 g/mol. The quantitative estimate of drug-likeness (QED) is 0.469. The van der Waals surface area contributed by atoms with Crippen LogP contribution in [0, 0.1) is 5.92 Å². The van der Waals surface area contributed by atoms with Crippen LogP contribution in [0.15, 0.2) is 12.5 Å². The van der Waals surface area contributed by atoms with Gasteiger partial charge in [-0.3, -0.25) is 9.59 Å². The van der Waals surface area contributed by atoms with Crippen molar-refractivity contribution in [2.45, 2.75) is 32.4 Å². The molecular formula is C12H18N4O4. The van der Waals surface area contributed by atoms with Crippen molar-refractivity contribution in [3.63, 3.8) is 0 Å². The highest BCUT2D eigenvalue weighted by molar-refractivity contribution is 5.88. The van der Waals surface area contributed by atoms with Gasteiger partial charge in [-0.2, -0.15) is 0 Å². The highest BCUT2D eigenvalue weighted by atomic mass is 16.4. The molecule has 0 bridgehead atoms. The van der Waals surface area contributed by atoms with Crippen LogP contribution in [0.2, 0.25) is 0 Å². The predicted molar refractivity (Wildman–Crippen MR) is 69.7 cm³/mol. The van der Waals surface area contributed by atoms with Gasteiger partial charge in [-0.25, -0.2) is 9.78 Å². The standard InChI is InChI=1S/C12H18N4O4/c1-7(2)10(15-6-17)11(18)16-9(12(19)20)3-8-4-13-5-14-8/h4-7,9-10H,3H2,1-2H3,(H,13,14)(H,15,17)(H,16,18)(H,19,20). The van der Waals surface area contributed by atoms with Crippen LogP contribution in [0.4, 0.5) is 0 Å². The Morgan fingerprint density at radius 3 is 2.65 bits per heavy atom. The highest BCUT2D eigenvalue weighted by Gasteiger charge is 2.27. The lowest BCUT2D eigenvalue weighted by molar-refractivity contribution is -0.142. The molecule has 1 aromatic heterocycles. The number of rotatable bonds is 8. The summed E-state index contributed by atoms with van der Waals surface area (Å²) < 4.78 is 0. The molecule has 2 unspecified atom stereocenters. The molecule has 2 atom stereocenters. The van der Waals surface area contributed by atoms with Gasteiger partial charge in [-0.15, -0.1) is 0 Å². The molecule has 1 aromatic rings. The molecule has 0 aromatic carbocycles. The topological polar surface area (TPSA) is 124 Å². The lowest BCUT2D eigenvalue weighted by Gasteiger charge is -2.22. The Balaban J connectivity index is 2.71. The summed E-state index contributed by atoms with van der Waals surface area (Å²) in [5.41, 5.74) is 0.599. The van der Waals surface area contributed by atoms with Crippen molar-refractivity contribution < 1.29 is 19.5 Å². The number of nitrogens with zero attached hydrogens (tertiary/aromatic N) is 1. The molecule has 0 fully saturated rings. The third-order valence-electron chi connectivity index (χ3n) is 2.79. The molecule has 0 aliphatic heterocycles. The molecular weight excluding hydrogens is 264 g/mol. The minimum Gasteiger partial charge on any atom is -0.480 e. The number of hydrogen-bond acceptors (Lipinski definition) is 4. The normalized spacial score (nSPS) is 13.6. The molecule has 4 N–H and O–H groups in total. The van der Waals surface area contributed by atoms with Gasteiger partial charge in [0.2, 0.25) is 12.3 Å². The molecule has 0 spiro atoms. The van der Waals surface area contributed by atoms with Crippen LogP contribution in [0.3, 0.4) is 0 Å². The molecule has 110 valence electrons. The molecule has 0 saturated carbocycles. The van der Waals surface area contributed by atoms with Crippen LogP contribution in [0.5, 0.6) is 0 Å². The van der Waals surface area contributed by atoms with Crippen LogP contribution in [-0.4, -0.2) is 45.4 Å². The van der Waals surface area contributed by atoms with E-state index in [-0.39, 0.29) is 12.3 Å². The Morgan fingerprint density at radius 2 is 2.20 bits per heavy atom. The second kappa shape index (κ2) is 7.27. The summed E-state index contributed by atoms with van der Waals surface area (Å²) in [6.07, 6.45) is 3.44. The number of hydrogen-bond donors (Lipinski definition) is 4. The lowest BCUT2D eigenvalue weighted by atomic mass is 10.0. The number of amides is 2. The van der Waals surface area contributed by atoms with Gasteiger partial charge in [0.25, 0.3) is 0 Å². The molecule has 0 saturated heterocycles. The maximum absolute atomic E-state index is 12.0. The van der Waals surface area contributed by atoms with Crippen LogP contribution in [-0.2, 0) is 20.8 Å². The third-order valence-corrected chi connectivity index (χ3v) is 2.79. The van der Waals surface area contributed by atoms with Gasteiger partial charge < -0.3 is 20.7 Å². The summed E-state index contributed by atoms with van der Waals surface area (Å²) in [6.45, 7) is 3.51. The number of carbonyl (C=O) groups excluding carboxylic acids is 2. The maximum Gasteiger partial charge on any atom is 0.326 e. The SMILES string of the molecule is CC(C)C(NC=O)C(=O)NC(Cc1cnc[nH]1)C(=O)O. The zero-order valence-corrected chi connectivity index (χ0v) is 11.3. The fourth-order valence-electron chi connectivity index (χ4n) is 1.72. The van der Waals surface area contributed by atoms with E-state index in [0.29, 0.717) is 12.1 Å². The maximum atomic E-state index is 12.0. The van der Waals surface area contributed by atoms with E-state index in [1.165, 1.54) is 12.5 Å². The Bertz CT molecular complexity index is 458. The van der Waals surface area contributed by atoms with Crippen LogP contribution in [0.25, 0.3) is 0 Å². The minimum absolute atomic E-state index is 0.0903. The molecule has 1 rings (SSSR count). The molecule has 0 radical (unpaired) electrons. The van der Waals surface area contributed by atoms with Gasteiger partial charge >= 0.3 is 5.97 Å². The first kappa shape index (κ1) is 15.7. The molecule has 1 heterocycles. The van der Waals surface area contributed by atoms with Gasteiger partial charge in [0.05, 0.1) is 6.33 Å². The smallest absolute Gasteiger partial charge is 0.326 e. The number of imidazole rings is 1. The number of aromatic amines is 1. The number of carboxylic acids is 1. The fourth-order valence-corrected chi connectivity index (χ4v) is 1.72. The first-order valence-electron chi connectivity index (χ1n) is 6.15. The Hall–Kier alpha value is -2.38. The van der Waals surface area contributed by atoms with E-state index in [2.05, 4.69) is 20.6 Å². The predicted octanol–water partition coefficient (Wildman–Crippen LogP) is -0.708. The van der Waals surface area contributed by atoms with E-state index in [1.54, 1.807) is 13.8 Å². The highest BCUT2D eigenvalue weighted by Crippen LogP contribution is 2.04. The zero-order valence-electron chi connectivity index (χ0n) is 11.3. The largest absolute Gasteiger partial charge is 0.480 e. The van der Waals surface area contributed by atoms with Crippen LogP contribution < -0.4 is 10.6 Å². The van der Waals surface area contributed by atoms with Gasteiger partial charge in [0.15, 0.2) is 0 Å². The minimum atomic E-state index is -1.15. The average Bonchev–Trinajstić information content (AvgIpc) is 2.87. The van der Waals surface area contributed by atoms with E-state index in [9.17, 15) is 14.4 Å². The van der Waals surface area contributed by atoms with Crippen molar-refractivity contribution in [3.8, 4) is 0 Å². The second-order valence-electron chi connectivity index (χ2n) is 4.69. The summed E-state index contributed by atoms with van der Waals surface area (Å²) >= 11 is 0. The second-order valence-corrected chi connectivity index (χ2v) is 4.69. The van der Waals surface area contributed by atoms with E-state index >= 15 is 0 Å². The first-order valence-corrected chi connectivity index (χ1v) is 6.15. The fraction of sp³-hybridized carbons (Fsp3) is 0.500. The molecule has 0 aliphatic carbocycles. The summed E-state index contributed by atoms with van der Waals surface area (Å²) in [6, 6.07) is -1.85. The Labute approximate surface area is 116 Å². The summed E-state index contributed by atoms with van der Waals surface area (Å²) in [4.78, 5) is 40.2. The summed E-state index contributed by atoms with van der Waals surface area (Å²) in [5.74, 6) is -1.83. The number of nitrogens with one attached hydrogen (secondary N) is 3. The van der Waals surface area contributed by atoms with E-state index in [0.717, 1.165) is 0 Å². The molecule has 2 amide bonds. The third kappa shape index (κ3) is 4.38. The van der Waals surface area contributed by atoms with E-state index < -0.39 is 24.0 Å². The van der Waals surface area contributed by atoms with Crippen LogP contribution >= 0.6 is 0 Å². The van der Waals surface area contributed by atoms with Crippen molar-refractivity contribution in [1.29, 1.82) is 0 Å². The van der Waals surface area contributed by atoms with Gasteiger partial charge in [0, 0.05) is 18.3 Å². The van der Waals surface area contributed by atoms with Crippen molar-refractivity contribution in [2.24, 2.45) is 5.92 Å². The van der Waals surface area contributed by atoms with Crippen molar-refractivity contribution in [2.75, 3.05) is 0 Å². The van der Waals surface area contributed by atoms with E-state index in [1.807, 2.05) is 0 Å². The number of carboxylic acid groups (broad SMARTS) is 1. The Morgan fingerprint density at radius 1 is 1.50 bits per heavy atom. The lowest BCUT2D eigenvalue weighted by Crippen LogP contribution is -2.52. The summed E-state index contributed by atoms with van der Waals surface area (Å²) in [7, 11) is 0. The molecule has 20 heavy (non-hydrogen) atoms. The molecule has 0 aliphatic rings. The first-order chi connectivity index (χ1) is 9.45. The van der Waals surface area contributed by atoms with Gasteiger partial charge in [-0.1, -0.05) is 13.8 Å². The van der Waals surface area contributed by atoms with Crippen molar-refractivity contribution in [3.05, 3.63) is 18.2 Å². The van der Waals surface area contributed by atoms with E-state index in [4.69, 9.17) is 5.11 Å². The Kier molecular flexibility index (Phi) is 5.70. The number of aromatic nitrogens is 2.